The highest BCUT2D eigenvalue weighted by molar-refractivity contribution is 5.95. The van der Waals surface area contributed by atoms with Crippen molar-refractivity contribution in [3.63, 3.8) is 0 Å². The average Bonchev–Trinajstić information content (AvgIpc) is 2.54. The summed E-state index contributed by atoms with van der Waals surface area (Å²) in [4.78, 5) is 11.8. The SMILES string of the molecule is CNC(=O)c1ccc(C)c(-c2ccc(OC)cc2OC)c1. The van der Waals surface area contributed by atoms with Gasteiger partial charge in [-0.25, -0.2) is 0 Å². The smallest absolute Gasteiger partial charge is 0.251 e. The summed E-state index contributed by atoms with van der Waals surface area (Å²) in [5.41, 5.74) is 3.60. The number of rotatable bonds is 4. The molecular formula is C17H19NO3. The molecular weight excluding hydrogens is 266 g/mol. The Morgan fingerprint density at radius 2 is 1.76 bits per heavy atom. The molecule has 0 fully saturated rings. The van der Waals surface area contributed by atoms with Crippen molar-refractivity contribution >= 4 is 5.91 Å². The molecule has 0 saturated carbocycles. The van der Waals surface area contributed by atoms with E-state index in [0.717, 1.165) is 22.4 Å². The van der Waals surface area contributed by atoms with Crippen LogP contribution in [-0.4, -0.2) is 27.2 Å². The topological polar surface area (TPSA) is 47.6 Å². The normalized spacial score (nSPS) is 10.1. The second-order valence-electron chi connectivity index (χ2n) is 4.68. The maximum absolute atomic E-state index is 11.8. The van der Waals surface area contributed by atoms with Crippen molar-refractivity contribution in [3.8, 4) is 22.6 Å². The van der Waals surface area contributed by atoms with Crippen LogP contribution in [-0.2, 0) is 0 Å². The molecule has 21 heavy (non-hydrogen) atoms. The molecule has 0 unspecified atom stereocenters. The van der Waals surface area contributed by atoms with E-state index in [4.69, 9.17) is 9.47 Å². The molecule has 0 saturated heterocycles. The first kappa shape index (κ1) is 14.9. The average molecular weight is 285 g/mol. The van der Waals surface area contributed by atoms with E-state index in [-0.39, 0.29) is 5.91 Å². The predicted molar refractivity (Wildman–Crippen MR) is 83.1 cm³/mol. The molecule has 0 spiro atoms. The Morgan fingerprint density at radius 3 is 2.38 bits per heavy atom. The Hall–Kier alpha value is -2.49. The summed E-state index contributed by atoms with van der Waals surface area (Å²) in [5.74, 6) is 1.34. The van der Waals surface area contributed by atoms with Crippen molar-refractivity contribution in [2.24, 2.45) is 0 Å². The number of benzene rings is 2. The van der Waals surface area contributed by atoms with Gasteiger partial charge in [0.15, 0.2) is 0 Å². The molecule has 0 bridgehead atoms. The maximum atomic E-state index is 11.8. The van der Waals surface area contributed by atoms with Gasteiger partial charge < -0.3 is 14.8 Å². The van der Waals surface area contributed by atoms with Crippen LogP contribution in [0.25, 0.3) is 11.1 Å². The lowest BCUT2D eigenvalue weighted by Crippen LogP contribution is -2.17. The molecule has 1 amide bonds. The summed E-state index contributed by atoms with van der Waals surface area (Å²) in [5, 5.41) is 2.64. The molecule has 1 N–H and O–H groups in total. The van der Waals surface area contributed by atoms with E-state index in [1.165, 1.54) is 0 Å². The summed E-state index contributed by atoms with van der Waals surface area (Å²) >= 11 is 0. The molecule has 0 aromatic heterocycles. The molecule has 0 aliphatic rings. The van der Waals surface area contributed by atoms with Gasteiger partial charge in [0.05, 0.1) is 14.2 Å². The predicted octanol–water partition coefficient (Wildman–Crippen LogP) is 3.04. The molecule has 0 aliphatic heterocycles. The van der Waals surface area contributed by atoms with Gasteiger partial charge >= 0.3 is 0 Å². The van der Waals surface area contributed by atoms with Crippen molar-refractivity contribution in [1.29, 1.82) is 0 Å². The number of ether oxygens (including phenoxy) is 2. The van der Waals surface area contributed by atoms with Gasteiger partial charge in [-0.05, 0) is 42.3 Å². The zero-order valence-corrected chi connectivity index (χ0v) is 12.7. The van der Waals surface area contributed by atoms with E-state index in [1.54, 1.807) is 21.3 Å². The van der Waals surface area contributed by atoms with Gasteiger partial charge in [0, 0.05) is 24.2 Å². The number of hydrogen-bond acceptors (Lipinski definition) is 3. The Morgan fingerprint density at radius 1 is 1.00 bits per heavy atom. The monoisotopic (exact) mass is 285 g/mol. The van der Waals surface area contributed by atoms with Crippen LogP contribution in [0.2, 0.25) is 0 Å². The second-order valence-corrected chi connectivity index (χ2v) is 4.68. The number of carbonyl (C=O) groups is 1. The fourth-order valence-corrected chi connectivity index (χ4v) is 2.22. The number of hydrogen-bond donors (Lipinski definition) is 1. The molecule has 4 nitrogen and oxygen atoms in total. The van der Waals surface area contributed by atoms with E-state index in [0.29, 0.717) is 11.3 Å². The number of nitrogens with one attached hydrogen (secondary N) is 1. The van der Waals surface area contributed by atoms with Gasteiger partial charge in [-0.3, -0.25) is 4.79 Å². The zero-order valence-electron chi connectivity index (χ0n) is 12.7. The Kier molecular flexibility index (Phi) is 4.48. The molecule has 2 rings (SSSR count). The summed E-state index contributed by atoms with van der Waals surface area (Å²) in [6.07, 6.45) is 0. The van der Waals surface area contributed by atoms with Crippen LogP contribution >= 0.6 is 0 Å². The molecule has 0 radical (unpaired) electrons. The van der Waals surface area contributed by atoms with Crippen molar-refractivity contribution in [2.75, 3.05) is 21.3 Å². The Bertz CT molecular complexity index is 665. The Balaban J connectivity index is 2.57. The van der Waals surface area contributed by atoms with Crippen molar-refractivity contribution in [1.82, 2.24) is 5.32 Å². The molecule has 0 heterocycles. The first-order valence-corrected chi connectivity index (χ1v) is 6.65. The van der Waals surface area contributed by atoms with Crippen molar-refractivity contribution in [3.05, 3.63) is 47.5 Å². The number of methoxy groups -OCH3 is 2. The largest absolute Gasteiger partial charge is 0.497 e. The van der Waals surface area contributed by atoms with Gasteiger partial charge in [0.2, 0.25) is 0 Å². The van der Waals surface area contributed by atoms with E-state index in [9.17, 15) is 4.79 Å². The van der Waals surface area contributed by atoms with Gasteiger partial charge in [-0.1, -0.05) is 6.07 Å². The minimum absolute atomic E-state index is 0.108. The minimum atomic E-state index is -0.108. The summed E-state index contributed by atoms with van der Waals surface area (Å²) < 4.78 is 10.7. The van der Waals surface area contributed by atoms with Crippen LogP contribution < -0.4 is 14.8 Å². The highest BCUT2D eigenvalue weighted by Gasteiger charge is 2.12. The fraction of sp³-hybridized carbons (Fsp3) is 0.235. The zero-order chi connectivity index (χ0) is 15.4. The third-order valence-electron chi connectivity index (χ3n) is 3.43. The van der Waals surface area contributed by atoms with E-state index >= 15 is 0 Å². The number of aryl methyl sites for hydroxylation is 1. The van der Waals surface area contributed by atoms with E-state index in [2.05, 4.69) is 5.32 Å². The van der Waals surface area contributed by atoms with Gasteiger partial charge in [0.1, 0.15) is 11.5 Å². The molecule has 110 valence electrons. The first-order valence-electron chi connectivity index (χ1n) is 6.65. The van der Waals surface area contributed by atoms with Crippen molar-refractivity contribution in [2.45, 2.75) is 6.92 Å². The lowest BCUT2D eigenvalue weighted by molar-refractivity contribution is 0.0963. The molecule has 0 aliphatic carbocycles. The standard InChI is InChI=1S/C17H19NO3/c1-11-5-6-12(17(19)18-2)9-15(11)14-8-7-13(20-3)10-16(14)21-4/h5-10H,1-4H3,(H,18,19). The quantitative estimate of drug-likeness (QED) is 0.939. The Labute approximate surface area is 124 Å². The van der Waals surface area contributed by atoms with Crippen LogP contribution in [0.4, 0.5) is 0 Å². The fourth-order valence-electron chi connectivity index (χ4n) is 2.22. The maximum Gasteiger partial charge on any atom is 0.251 e. The highest BCUT2D eigenvalue weighted by atomic mass is 16.5. The van der Waals surface area contributed by atoms with Crippen LogP contribution in [0.5, 0.6) is 11.5 Å². The third-order valence-corrected chi connectivity index (χ3v) is 3.43. The van der Waals surface area contributed by atoms with Crippen LogP contribution in [0.1, 0.15) is 15.9 Å². The van der Waals surface area contributed by atoms with E-state index in [1.807, 2.05) is 43.3 Å². The molecule has 4 heteroatoms. The molecule has 2 aromatic rings. The lowest BCUT2D eigenvalue weighted by atomic mass is 9.97. The summed E-state index contributed by atoms with van der Waals surface area (Å²) in [6, 6.07) is 11.3. The summed E-state index contributed by atoms with van der Waals surface area (Å²) in [6.45, 7) is 2.01. The first-order chi connectivity index (χ1) is 10.1. The summed E-state index contributed by atoms with van der Waals surface area (Å²) in [7, 11) is 4.86. The third kappa shape index (κ3) is 2.99. The van der Waals surface area contributed by atoms with Crippen LogP contribution in [0, 0.1) is 6.92 Å². The van der Waals surface area contributed by atoms with Gasteiger partial charge in [0.25, 0.3) is 5.91 Å². The number of amides is 1. The van der Waals surface area contributed by atoms with Gasteiger partial charge in [-0.15, -0.1) is 0 Å². The highest BCUT2D eigenvalue weighted by Crippen LogP contribution is 2.35. The van der Waals surface area contributed by atoms with Crippen LogP contribution in [0.3, 0.4) is 0 Å². The minimum Gasteiger partial charge on any atom is -0.497 e. The van der Waals surface area contributed by atoms with E-state index < -0.39 is 0 Å². The molecule has 0 atom stereocenters. The number of carbonyl (C=O) groups excluding carboxylic acids is 1. The van der Waals surface area contributed by atoms with Gasteiger partial charge in [-0.2, -0.15) is 0 Å². The second kappa shape index (κ2) is 6.31. The van der Waals surface area contributed by atoms with Crippen molar-refractivity contribution < 1.29 is 14.3 Å². The molecule has 2 aromatic carbocycles. The lowest BCUT2D eigenvalue weighted by Gasteiger charge is -2.13. The van der Waals surface area contributed by atoms with Crippen LogP contribution in [0.15, 0.2) is 36.4 Å².